The van der Waals surface area contributed by atoms with Gasteiger partial charge in [-0.05, 0) is 24.3 Å². The Morgan fingerprint density at radius 2 is 1.96 bits per heavy atom. The van der Waals surface area contributed by atoms with Gasteiger partial charge in [0.15, 0.2) is 0 Å². The molecule has 2 aliphatic rings. The van der Waals surface area contributed by atoms with E-state index in [9.17, 15) is 0 Å². The predicted octanol–water partition coefficient (Wildman–Crippen LogP) is 5.67. The van der Waals surface area contributed by atoms with Gasteiger partial charge in [0.2, 0.25) is 0 Å². The van der Waals surface area contributed by atoms with Crippen LogP contribution in [-0.2, 0) is 4.74 Å². The number of para-hydroxylation sites is 1. The van der Waals surface area contributed by atoms with Crippen molar-refractivity contribution in [3.63, 3.8) is 0 Å². The molecule has 0 saturated heterocycles. The number of methoxy groups -OCH3 is 1. The van der Waals surface area contributed by atoms with E-state index >= 15 is 0 Å². The van der Waals surface area contributed by atoms with Crippen molar-refractivity contribution in [2.75, 3.05) is 24.4 Å². The van der Waals surface area contributed by atoms with E-state index in [0.717, 1.165) is 40.9 Å². The Labute approximate surface area is 148 Å². The quantitative estimate of drug-likeness (QED) is 0.650. The number of allylic oxidation sites excluding steroid dienone is 3. The monoisotopic (exact) mass is 348 g/mol. The second-order valence-electron chi connectivity index (χ2n) is 4.76. The fourth-order valence-electron chi connectivity index (χ4n) is 2.25. The van der Waals surface area contributed by atoms with Crippen molar-refractivity contribution in [2.24, 2.45) is 0 Å². The molecule has 1 aromatic rings. The molecular weight excluding hydrogens is 324 g/mol. The van der Waals surface area contributed by atoms with Crippen molar-refractivity contribution in [3.05, 3.63) is 59.6 Å². The van der Waals surface area contributed by atoms with Gasteiger partial charge in [-0.15, -0.1) is 11.8 Å². The minimum atomic E-state index is 0.804. The van der Waals surface area contributed by atoms with Crippen LogP contribution in [0.3, 0.4) is 0 Å². The normalized spacial score (nSPS) is 17.4. The first-order valence-electron chi connectivity index (χ1n) is 7.98. The highest BCUT2D eigenvalue weighted by Gasteiger charge is 2.15. The lowest BCUT2D eigenvalue weighted by Gasteiger charge is -2.17. The molecule has 0 aromatic heterocycles. The second kappa shape index (κ2) is 9.78. The van der Waals surface area contributed by atoms with Crippen LogP contribution in [0.15, 0.2) is 64.5 Å². The first-order valence-corrected chi connectivity index (χ1v) is 10.1. The van der Waals surface area contributed by atoms with Crippen molar-refractivity contribution in [3.8, 4) is 5.75 Å². The Bertz CT molecular complexity index is 603. The fourth-order valence-corrected chi connectivity index (χ4v) is 4.31. The predicted molar refractivity (Wildman–Crippen MR) is 102 cm³/mol. The second-order valence-corrected chi connectivity index (χ2v) is 7.00. The first-order chi connectivity index (χ1) is 11.4. The van der Waals surface area contributed by atoms with Gasteiger partial charge in [0.25, 0.3) is 0 Å². The van der Waals surface area contributed by atoms with E-state index in [1.165, 1.54) is 10.5 Å². The van der Waals surface area contributed by atoms with Gasteiger partial charge in [0.05, 0.1) is 12.0 Å². The number of hydrogen-bond donors (Lipinski definition) is 0. The zero-order chi connectivity index (χ0) is 16.5. The Balaban J connectivity index is 0.000000924. The summed E-state index contributed by atoms with van der Waals surface area (Å²) in [5, 5.41) is 0. The molecule has 1 aromatic carbocycles. The maximum atomic E-state index is 6.24. The standard InChI is InChI=1S/C17H18O2S2.C2H6/c1-18-14-5-4-7-15-13(11-14)12-20-9-10-21-17-8-3-2-6-16(17)19-15;1-2/h2-6,8,11H,7,9-10,12H2,1H3;1-2H3. The van der Waals surface area contributed by atoms with Crippen LogP contribution in [0, 0.1) is 0 Å². The van der Waals surface area contributed by atoms with Crippen LogP contribution in [-0.4, -0.2) is 24.4 Å². The molecule has 1 aliphatic carbocycles. The zero-order valence-corrected chi connectivity index (χ0v) is 15.6. The van der Waals surface area contributed by atoms with E-state index in [4.69, 9.17) is 9.47 Å². The van der Waals surface area contributed by atoms with Crippen LogP contribution in [0.4, 0.5) is 0 Å². The molecule has 2 nitrogen and oxygen atoms in total. The van der Waals surface area contributed by atoms with Crippen LogP contribution in [0.2, 0.25) is 0 Å². The number of rotatable bonds is 1. The van der Waals surface area contributed by atoms with Crippen LogP contribution >= 0.6 is 23.5 Å². The molecule has 0 radical (unpaired) electrons. The van der Waals surface area contributed by atoms with Gasteiger partial charge in [0.1, 0.15) is 17.3 Å². The summed E-state index contributed by atoms with van der Waals surface area (Å²) < 4.78 is 11.6. The number of hydrogen-bond acceptors (Lipinski definition) is 4. The highest BCUT2D eigenvalue weighted by Crippen LogP contribution is 2.34. The number of benzene rings is 1. The smallest absolute Gasteiger partial charge is 0.140 e. The number of thioether (sulfide) groups is 2. The molecule has 1 aliphatic heterocycles. The number of ether oxygens (including phenoxy) is 2. The minimum absolute atomic E-state index is 0.804. The summed E-state index contributed by atoms with van der Waals surface area (Å²) >= 11 is 3.82. The molecule has 23 heavy (non-hydrogen) atoms. The van der Waals surface area contributed by atoms with Crippen molar-refractivity contribution in [1.29, 1.82) is 0 Å². The largest absolute Gasteiger partial charge is 0.497 e. The summed E-state index contributed by atoms with van der Waals surface area (Å²) in [6.45, 7) is 4.00. The molecule has 0 amide bonds. The van der Waals surface area contributed by atoms with Crippen molar-refractivity contribution >= 4 is 23.5 Å². The molecule has 0 atom stereocenters. The summed E-state index contributed by atoms with van der Waals surface area (Å²) in [6, 6.07) is 8.29. The Morgan fingerprint density at radius 1 is 1.13 bits per heavy atom. The first kappa shape index (κ1) is 18.1. The highest BCUT2D eigenvalue weighted by molar-refractivity contribution is 8.03. The molecular formula is C19H24O2S2. The minimum Gasteiger partial charge on any atom is -0.497 e. The maximum Gasteiger partial charge on any atom is 0.140 e. The van der Waals surface area contributed by atoms with Gasteiger partial charge in [-0.3, -0.25) is 0 Å². The lowest BCUT2D eigenvalue weighted by atomic mass is 10.2. The Kier molecular flexibility index (Phi) is 7.69. The number of fused-ring (bicyclic) bond motifs is 1. The van der Waals surface area contributed by atoms with Gasteiger partial charge < -0.3 is 9.47 Å². The van der Waals surface area contributed by atoms with E-state index in [2.05, 4.69) is 30.4 Å². The van der Waals surface area contributed by atoms with Crippen LogP contribution in [0.25, 0.3) is 0 Å². The molecule has 0 unspecified atom stereocenters. The molecule has 0 fully saturated rings. The summed E-state index contributed by atoms with van der Waals surface area (Å²) in [5.41, 5.74) is 1.23. The van der Waals surface area contributed by atoms with E-state index in [0.29, 0.717) is 0 Å². The summed E-state index contributed by atoms with van der Waals surface area (Å²) in [4.78, 5) is 1.22. The van der Waals surface area contributed by atoms with Crippen LogP contribution < -0.4 is 4.74 Å². The molecule has 124 valence electrons. The van der Waals surface area contributed by atoms with Crippen molar-refractivity contribution < 1.29 is 9.47 Å². The van der Waals surface area contributed by atoms with Crippen molar-refractivity contribution in [1.82, 2.24) is 0 Å². The lowest BCUT2D eigenvalue weighted by molar-refractivity contribution is 0.306. The van der Waals surface area contributed by atoms with Crippen LogP contribution in [0.5, 0.6) is 5.75 Å². The Morgan fingerprint density at radius 3 is 2.78 bits per heavy atom. The van der Waals surface area contributed by atoms with Crippen LogP contribution in [0.1, 0.15) is 20.3 Å². The van der Waals surface area contributed by atoms with Gasteiger partial charge in [-0.25, -0.2) is 0 Å². The molecule has 4 heteroatoms. The average molecular weight is 349 g/mol. The topological polar surface area (TPSA) is 18.5 Å². The van der Waals surface area contributed by atoms with Crippen molar-refractivity contribution in [2.45, 2.75) is 25.2 Å². The van der Waals surface area contributed by atoms with Gasteiger partial charge >= 0.3 is 0 Å². The van der Waals surface area contributed by atoms with Gasteiger partial charge in [0, 0.05) is 29.3 Å². The van der Waals surface area contributed by atoms with E-state index in [1.807, 2.05) is 49.5 Å². The maximum absolute atomic E-state index is 6.24. The average Bonchev–Trinajstić information content (AvgIpc) is 2.80. The molecule has 0 saturated carbocycles. The molecule has 0 bridgehead atoms. The SMILES string of the molecule is CC.COC1=CC2=C(CC=C1)Oc1ccccc1SCCSC2. The van der Waals surface area contributed by atoms with E-state index in [1.54, 1.807) is 7.11 Å². The molecule has 3 rings (SSSR count). The highest BCUT2D eigenvalue weighted by atomic mass is 32.2. The van der Waals surface area contributed by atoms with E-state index in [-0.39, 0.29) is 0 Å². The summed E-state index contributed by atoms with van der Waals surface area (Å²) in [5.74, 6) is 6.09. The molecule has 1 heterocycles. The third kappa shape index (κ3) is 5.11. The molecule has 0 spiro atoms. The van der Waals surface area contributed by atoms with Gasteiger partial charge in [-0.1, -0.05) is 32.1 Å². The fraction of sp³-hybridized carbons (Fsp3) is 0.368. The summed E-state index contributed by atoms with van der Waals surface area (Å²) in [6.07, 6.45) is 7.02. The van der Waals surface area contributed by atoms with E-state index < -0.39 is 0 Å². The Hall–Kier alpha value is -1.26. The third-order valence-corrected chi connectivity index (χ3v) is 5.64. The lowest BCUT2D eigenvalue weighted by Crippen LogP contribution is -2.04. The molecule has 0 N–H and O–H groups in total. The summed E-state index contributed by atoms with van der Waals surface area (Å²) in [7, 11) is 1.71. The zero-order valence-electron chi connectivity index (χ0n) is 14.0. The van der Waals surface area contributed by atoms with Gasteiger partial charge in [-0.2, -0.15) is 11.8 Å². The third-order valence-electron chi connectivity index (χ3n) is 3.32.